The molecule has 2 aromatic carbocycles. The fourth-order valence-corrected chi connectivity index (χ4v) is 3.20. The van der Waals surface area contributed by atoms with E-state index in [0.29, 0.717) is 25.6 Å². The maximum Gasteiger partial charge on any atom is 0.269 e. The minimum absolute atomic E-state index is 0. The number of nitro groups is 1. The van der Waals surface area contributed by atoms with Gasteiger partial charge >= 0.3 is 0 Å². The summed E-state index contributed by atoms with van der Waals surface area (Å²) >= 11 is 0. The zero-order valence-corrected chi connectivity index (χ0v) is 20.2. The van der Waals surface area contributed by atoms with Crippen molar-refractivity contribution >= 4 is 35.6 Å². The Balaban J connectivity index is 0.00000341. The molecule has 0 amide bonds. The zero-order valence-electron chi connectivity index (χ0n) is 17.8. The van der Waals surface area contributed by atoms with Gasteiger partial charge in [0.15, 0.2) is 5.96 Å². The largest absolute Gasteiger partial charge is 0.357 e. The standard InChI is InChI=1S/C22H26N6O2.HI/c1-4-23-22(24-14-18-8-7-10-20(13-18)28(29)30)25-15-19-9-5-6-11-21(19)27-17(3)12-16(2)26-27;/h5-13H,4,14-15H2,1-3H3,(H2,23,24,25);1H. The molecule has 8 nitrogen and oxygen atoms in total. The number of nitro benzene ring substituents is 1. The molecule has 0 spiro atoms. The van der Waals surface area contributed by atoms with Crippen LogP contribution in [0, 0.1) is 24.0 Å². The summed E-state index contributed by atoms with van der Waals surface area (Å²) < 4.78 is 1.94. The first-order valence-electron chi connectivity index (χ1n) is 9.85. The molecule has 1 heterocycles. The number of nitrogens with one attached hydrogen (secondary N) is 2. The van der Waals surface area contributed by atoms with E-state index in [4.69, 9.17) is 0 Å². The molecule has 0 bridgehead atoms. The van der Waals surface area contributed by atoms with Crippen LogP contribution in [-0.4, -0.2) is 27.2 Å². The molecule has 0 unspecified atom stereocenters. The highest BCUT2D eigenvalue weighted by molar-refractivity contribution is 14.0. The van der Waals surface area contributed by atoms with E-state index in [1.165, 1.54) is 6.07 Å². The molecule has 2 N–H and O–H groups in total. The van der Waals surface area contributed by atoms with Crippen LogP contribution in [0.15, 0.2) is 59.6 Å². The number of aromatic nitrogens is 2. The molecule has 0 aliphatic heterocycles. The van der Waals surface area contributed by atoms with Crippen molar-refractivity contribution in [1.82, 2.24) is 20.4 Å². The number of hydrogen-bond donors (Lipinski definition) is 2. The van der Waals surface area contributed by atoms with Gasteiger partial charge in [0.1, 0.15) is 0 Å². The number of nitrogens with zero attached hydrogens (tertiary/aromatic N) is 4. The quantitative estimate of drug-likeness (QED) is 0.155. The summed E-state index contributed by atoms with van der Waals surface area (Å²) in [4.78, 5) is 15.1. The molecule has 9 heteroatoms. The number of guanidine groups is 1. The second kappa shape index (κ2) is 11.4. The van der Waals surface area contributed by atoms with Gasteiger partial charge in [-0.2, -0.15) is 5.10 Å². The first-order chi connectivity index (χ1) is 14.5. The summed E-state index contributed by atoms with van der Waals surface area (Å²) in [7, 11) is 0. The third-order valence-corrected chi connectivity index (χ3v) is 4.56. The van der Waals surface area contributed by atoms with Gasteiger partial charge in [-0.3, -0.25) is 10.1 Å². The summed E-state index contributed by atoms with van der Waals surface area (Å²) in [6, 6.07) is 16.7. The number of halogens is 1. The van der Waals surface area contributed by atoms with Gasteiger partial charge < -0.3 is 10.6 Å². The van der Waals surface area contributed by atoms with E-state index in [1.54, 1.807) is 12.1 Å². The monoisotopic (exact) mass is 534 g/mol. The number of aliphatic imine (C=N–C) groups is 1. The molecular weight excluding hydrogens is 507 g/mol. The van der Waals surface area contributed by atoms with Gasteiger partial charge in [0.2, 0.25) is 0 Å². The van der Waals surface area contributed by atoms with E-state index in [1.807, 2.05) is 49.7 Å². The van der Waals surface area contributed by atoms with Crippen molar-refractivity contribution in [2.24, 2.45) is 4.99 Å². The van der Waals surface area contributed by atoms with Gasteiger partial charge in [-0.15, -0.1) is 24.0 Å². The lowest BCUT2D eigenvalue weighted by Gasteiger charge is -2.15. The summed E-state index contributed by atoms with van der Waals surface area (Å²) in [6.07, 6.45) is 0. The normalized spacial score (nSPS) is 11.0. The lowest BCUT2D eigenvalue weighted by Crippen LogP contribution is -2.37. The van der Waals surface area contributed by atoms with Gasteiger partial charge in [0.05, 0.1) is 22.8 Å². The lowest BCUT2D eigenvalue weighted by atomic mass is 10.1. The predicted octanol–water partition coefficient (Wildman–Crippen LogP) is 4.27. The Morgan fingerprint density at radius 1 is 1.13 bits per heavy atom. The first-order valence-corrected chi connectivity index (χ1v) is 9.85. The SMILES string of the molecule is CCNC(=NCc1cccc([N+](=O)[O-])c1)NCc1ccccc1-n1nc(C)cc1C.I. The molecular formula is C22H27IN6O2. The number of hydrogen-bond acceptors (Lipinski definition) is 4. The highest BCUT2D eigenvalue weighted by Crippen LogP contribution is 2.17. The second-order valence-corrected chi connectivity index (χ2v) is 6.94. The minimum Gasteiger partial charge on any atom is -0.357 e. The van der Waals surface area contributed by atoms with Crippen LogP contribution in [0.5, 0.6) is 0 Å². The highest BCUT2D eigenvalue weighted by atomic mass is 127. The van der Waals surface area contributed by atoms with E-state index >= 15 is 0 Å². The summed E-state index contributed by atoms with van der Waals surface area (Å²) in [5.74, 6) is 0.646. The van der Waals surface area contributed by atoms with E-state index in [2.05, 4.69) is 32.9 Å². The number of benzene rings is 2. The Bertz CT molecular complexity index is 1060. The van der Waals surface area contributed by atoms with Crippen LogP contribution in [-0.2, 0) is 13.1 Å². The Morgan fingerprint density at radius 3 is 2.58 bits per heavy atom. The topological polar surface area (TPSA) is 97.4 Å². The minimum atomic E-state index is -0.396. The van der Waals surface area contributed by atoms with Crippen molar-refractivity contribution in [3.63, 3.8) is 0 Å². The van der Waals surface area contributed by atoms with Crippen LogP contribution in [0.25, 0.3) is 5.69 Å². The molecule has 0 saturated carbocycles. The van der Waals surface area contributed by atoms with Crippen LogP contribution < -0.4 is 10.6 Å². The molecule has 0 saturated heterocycles. The molecule has 164 valence electrons. The van der Waals surface area contributed by atoms with E-state index < -0.39 is 4.92 Å². The van der Waals surface area contributed by atoms with Crippen molar-refractivity contribution in [3.05, 3.63) is 87.2 Å². The van der Waals surface area contributed by atoms with Crippen molar-refractivity contribution in [2.75, 3.05) is 6.54 Å². The number of para-hydroxylation sites is 1. The van der Waals surface area contributed by atoms with Gasteiger partial charge in [0.25, 0.3) is 5.69 Å². The average molecular weight is 534 g/mol. The van der Waals surface area contributed by atoms with Gasteiger partial charge in [0, 0.05) is 30.9 Å². The molecule has 0 atom stereocenters. The summed E-state index contributed by atoms with van der Waals surface area (Å²) in [5, 5.41) is 22.1. The van der Waals surface area contributed by atoms with E-state index in [9.17, 15) is 10.1 Å². The zero-order chi connectivity index (χ0) is 21.5. The maximum atomic E-state index is 11.0. The third-order valence-electron chi connectivity index (χ3n) is 4.56. The fourth-order valence-electron chi connectivity index (χ4n) is 3.20. The average Bonchev–Trinajstić information content (AvgIpc) is 3.08. The number of rotatable bonds is 7. The lowest BCUT2D eigenvalue weighted by molar-refractivity contribution is -0.384. The number of aryl methyl sites for hydroxylation is 2. The highest BCUT2D eigenvalue weighted by Gasteiger charge is 2.10. The molecule has 0 radical (unpaired) electrons. The Morgan fingerprint density at radius 2 is 1.90 bits per heavy atom. The van der Waals surface area contributed by atoms with Crippen molar-refractivity contribution in [3.8, 4) is 5.69 Å². The first kappa shape index (κ1) is 24.3. The third kappa shape index (κ3) is 6.51. The molecule has 31 heavy (non-hydrogen) atoms. The fraction of sp³-hybridized carbons (Fsp3) is 0.273. The van der Waals surface area contributed by atoms with Crippen LogP contribution in [0.3, 0.4) is 0 Å². The summed E-state index contributed by atoms with van der Waals surface area (Å²) in [6.45, 7) is 7.63. The van der Waals surface area contributed by atoms with Crippen LogP contribution >= 0.6 is 24.0 Å². The smallest absolute Gasteiger partial charge is 0.269 e. The van der Waals surface area contributed by atoms with Gasteiger partial charge in [-0.05, 0) is 44.0 Å². The Kier molecular flexibility index (Phi) is 8.98. The van der Waals surface area contributed by atoms with Gasteiger partial charge in [-0.1, -0.05) is 30.3 Å². The molecule has 3 aromatic rings. The molecule has 3 rings (SSSR count). The number of non-ortho nitro benzene ring substituents is 1. The van der Waals surface area contributed by atoms with Crippen LogP contribution in [0.2, 0.25) is 0 Å². The van der Waals surface area contributed by atoms with Crippen molar-refractivity contribution < 1.29 is 4.92 Å². The van der Waals surface area contributed by atoms with Crippen LogP contribution in [0.4, 0.5) is 5.69 Å². The van der Waals surface area contributed by atoms with Crippen LogP contribution in [0.1, 0.15) is 29.4 Å². The predicted molar refractivity (Wildman–Crippen MR) is 133 cm³/mol. The van der Waals surface area contributed by atoms with E-state index in [-0.39, 0.29) is 29.7 Å². The maximum absolute atomic E-state index is 11.0. The summed E-state index contributed by atoms with van der Waals surface area (Å²) in [5.41, 5.74) is 5.01. The Hall–Kier alpha value is -2.95. The molecule has 1 aromatic heterocycles. The van der Waals surface area contributed by atoms with Crippen molar-refractivity contribution in [1.29, 1.82) is 0 Å². The van der Waals surface area contributed by atoms with Gasteiger partial charge in [-0.25, -0.2) is 9.67 Å². The molecule has 0 fully saturated rings. The van der Waals surface area contributed by atoms with Crippen molar-refractivity contribution in [2.45, 2.75) is 33.9 Å². The van der Waals surface area contributed by atoms with E-state index in [0.717, 1.165) is 28.2 Å². The second-order valence-electron chi connectivity index (χ2n) is 6.94. The molecule has 0 aliphatic rings. The molecule has 0 aliphatic carbocycles. The Labute approximate surface area is 198 Å².